The van der Waals surface area contributed by atoms with Crippen LogP contribution in [0.25, 0.3) is 5.65 Å². The smallest absolute Gasteiger partial charge is 0.137 e. The number of aromatic nitrogens is 3. The highest BCUT2D eigenvalue weighted by molar-refractivity contribution is 5.41. The molecule has 0 aliphatic heterocycles. The van der Waals surface area contributed by atoms with Crippen molar-refractivity contribution in [2.75, 3.05) is 7.05 Å². The van der Waals surface area contributed by atoms with Gasteiger partial charge in [-0.25, -0.2) is 4.98 Å². The van der Waals surface area contributed by atoms with Gasteiger partial charge in [-0.1, -0.05) is 11.2 Å². The highest BCUT2D eigenvalue weighted by Crippen LogP contribution is 2.11. The molecular formula is C15H18N4O. The summed E-state index contributed by atoms with van der Waals surface area (Å²) in [6, 6.07) is 8.10. The maximum atomic E-state index is 5.08. The molecule has 0 bridgehead atoms. The normalized spacial score (nSPS) is 11.6. The number of pyridine rings is 1. The summed E-state index contributed by atoms with van der Waals surface area (Å²) in [7, 11) is 2.06. The number of nitrogens with zero attached hydrogens (tertiary/aromatic N) is 4. The molecule has 3 aromatic rings. The molecule has 3 rings (SSSR count). The molecule has 0 aromatic carbocycles. The predicted molar refractivity (Wildman–Crippen MR) is 76.3 cm³/mol. The van der Waals surface area contributed by atoms with Gasteiger partial charge in [0.05, 0.1) is 11.4 Å². The average Bonchev–Trinajstić information content (AvgIpc) is 2.96. The molecule has 104 valence electrons. The Hall–Kier alpha value is -2.14. The lowest BCUT2D eigenvalue weighted by atomic mass is 10.3. The number of imidazole rings is 1. The molecule has 0 saturated heterocycles. The summed E-state index contributed by atoms with van der Waals surface area (Å²) in [6.07, 6.45) is 2.09. The summed E-state index contributed by atoms with van der Waals surface area (Å²) in [5, 5.41) is 4.01. The van der Waals surface area contributed by atoms with E-state index in [1.165, 1.54) is 5.69 Å². The highest BCUT2D eigenvalue weighted by atomic mass is 16.5. The molecule has 0 aliphatic rings. The molecule has 3 aromatic heterocycles. The second kappa shape index (κ2) is 5.09. The lowest BCUT2D eigenvalue weighted by molar-refractivity contribution is 0.299. The van der Waals surface area contributed by atoms with Gasteiger partial charge in [0.15, 0.2) is 0 Å². The van der Waals surface area contributed by atoms with Crippen LogP contribution in [0.2, 0.25) is 0 Å². The zero-order valence-electron chi connectivity index (χ0n) is 12.0. The minimum atomic E-state index is 0.754. The van der Waals surface area contributed by atoms with Crippen LogP contribution >= 0.6 is 0 Å². The van der Waals surface area contributed by atoms with E-state index in [9.17, 15) is 0 Å². The van der Waals surface area contributed by atoms with Crippen molar-refractivity contribution < 1.29 is 4.52 Å². The van der Waals surface area contributed by atoms with Crippen LogP contribution in [-0.4, -0.2) is 26.5 Å². The molecule has 20 heavy (non-hydrogen) atoms. The van der Waals surface area contributed by atoms with E-state index in [-0.39, 0.29) is 0 Å². The van der Waals surface area contributed by atoms with Crippen LogP contribution in [-0.2, 0) is 13.1 Å². The quantitative estimate of drug-likeness (QED) is 0.731. The molecule has 0 N–H and O–H groups in total. The van der Waals surface area contributed by atoms with Crippen molar-refractivity contribution in [3.05, 3.63) is 53.3 Å². The number of hydrogen-bond acceptors (Lipinski definition) is 4. The topological polar surface area (TPSA) is 46.6 Å². The predicted octanol–water partition coefficient (Wildman–Crippen LogP) is 2.57. The fraction of sp³-hybridized carbons (Fsp3) is 0.333. The van der Waals surface area contributed by atoms with E-state index in [2.05, 4.69) is 45.7 Å². The first-order valence-corrected chi connectivity index (χ1v) is 6.66. The van der Waals surface area contributed by atoms with E-state index < -0.39 is 0 Å². The number of aryl methyl sites for hydroxylation is 2. The van der Waals surface area contributed by atoms with Crippen LogP contribution in [0.1, 0.15) is 22.8 Å². The Morgan fingerprint density at radius 1 is 1.20 bits per heavy atom. The van der Waals surface area contributed by atoms with Crippen molar-refractivity contribution in [3.8, 4) is 0 Å². The van der Waals surface area contributed by atoms with Crippen LogP contribution < -0.4 is 0 Å². The van der Waals surface area contributed by atoms with E-state index in [4.69, 9.17) is 4.52 Å². The molecule has 0 aliphatic carbocycles. The van der Waals surface area contributed by atoms with Gasteiger partial charge < -0.3 is 8.92 Å². The first kappa shape index (κ1) is 12.9. The largest absolute Gasteiger partial charge is 0.361 e. The third kappa shape index (κ3) is 2.58. The summed E-state index contributed by atoms with van der Waals surface area (Å²) in [5.74, 6) is 0.844. The van der Waals surface area contributed by atoms with Gasteiger partial charge in [-0.2, -0.15) is 0 Å². The number of fused-ring (bicyclic) bond motifs is 1. The molecule has 0 fully saturated rings. The van der Waals surface area contributed by atoms with Crippen molar-refractivity contribution in [3.63, 3.8) is 0 Å². The van der Waals surface area contributed by atoms with E-state index in [1.54, 1.807) is 0 Å². The van der Waals surface area contributed by atoms with Gasteiger partial charge in [0, 0.05) is 31.0 Å². The lowest BCUT2D eigenvalue weighted by Gasteiger charge is -2.12. The van der Waals surface area contributed by atoms with Crippen molar-refractivity contribution in [2.45, 2.75) is 26.9 Å². The fourth-order valence-electron chi connectivity index (χ4n) is 2.38. The third-order valence-corrected chi connectivity index (χ3v) is 3.29. The second-order valence-corrected chi connectivity index (χ2v) is 5.23. The summed E-state index contributed by atoms with van der Waals surface area (Å²) in [6.45, 7) is 5.53. The highest BCUT2D eigenvalue weighted by Gasteiger charge is 2.09. The van der Waals surface area contributed by atoms with Gasteiger partial charge in [0.1, 0.15) is 11.4 Å². The van der Waals surface area contributed by atoms with Gasteiger partial charge >= 0.3 is 0 Å². The van der Waals surface area contributed by atoms with Crippen LogP contribution in [0.5, 0.6) is 0 Å². The molecule has 0 unspecified atom stereocenters. The molecular weight excluding hydrogens is 252 g/mol. The van der Waals surface area contributed by atoms with E-state index >= 15 is 0 Å². The Bertz CT molecular complexity index is 728. The Kier molecular flexibility index (Phi) is 3.28. The average molecular weight is 270 g/mol. The Morgan fingerprint density at radius 3 is 2.70 bits per heavy atom. The first-order chi connectivity index (χ1) is 9.61. The minimum absolute atomic E-state index is 0.754. The van der Waals surface area contributed by atoms with Crippen LogP contribution in [0.4, 0.5) is 0 Å². The minimum Gasteiger partial charge on any atom is -0.361 e. The van der Waals surface area contributed by atoms with Crippen LogP contribution in [0, 0.1) is 13.8 Å². The van der Waals surface area contributed by atoms with Crippen molar-refractivity contribution in [1.29, 1.82) is 0 Å². The maximum Gasteiger partial charge on any atom is 0.137 e. The van der Waals surface area contributed by atoms with Gasteiger partial charge in [0.25, 0.3) is 0 Å². The van der Waals surface area contributed by atoms with Crippen molar-refractivity contribution in [1.82, 2.24) is 19.4 Å². The van der Waals surface area contributed by atoms with E-state index in [1.807, 2.05) is 25.1 Å². The standard InChI is InChI=1S/C15H18N4O/c1-11-5-4-6-15-16-14(10-19(11)15)9-18(3)8-13-7-12(2)20-17-13/h4-7,10H,8-9H2,1-3H3. The zero-order chi connectivity index (χ0) is 14.1. The molecule has 0 amide bonds. The lowest BCUT2D eigenvalue weighted by Crippen LogP contribution is -2.17. The second-order valence-electron chi connectivity index (χ2n) is 5.23. The summed E-state index contributed by atoms with van der Waals surface area (Å²) in [5.41, 5.74) is 4.19. The van der Waals surface area contributed by atoms with Crippen LogP contribution in [0.3, 0.4) is 0 Å². The van der Waals surface area contributed by atoms with Gasteiger partial charge in [0.2, 0.25) is 0 Å². The molecule has 5 heteroatoms. The molecule has 0 saturated carbocycles. The number of rotatable bonds is 4. The van der Waals surface area contributed by atoms with Crippen molar-refractivity contribution >= 4 is 5.65 Å². The summed E-state index contributed by atoms with van der Waals surface area (Å²) >= 11 is 0. The molecule has 0 atom stereocenters. The Morgan fingerprint density at radius 2 is 2.00 bits per heavy atom. The van der Waals surface area contributed by atoms with Gasteiger partial charge in [-0.05, 0) is 33.0 Å². The monoisotopic (exact) mass is 270 g/mol. The fourth-order valence-corrected chi connectivity index (χ4v) is 2.38. The molecule has 0 radical (unpaired) electrons. The first-order valence-electron chi connectivity index (χ1n) is 6.66. The van der Waals surface area contributed by atoms with Gasteiger partial charge in [-0.15, -0.1) is 0 Å². The van der Waals surface area contributed by atoms with Gasteiger partial charge in [-0.3, -0.25) is 4.90 Å². The molecule has 5 nitrogen and oxygen atoms in total. The third-order valence-electron chi connectivity index (χ3n) is 3.29. The van der Waals surface area contributed by atoms with E-state index in [0.29, 0.717) is 0 Å². The Balaban J connectivity index is 1.74. The van der Waals surface area contributed by atoms with Crippen LogP contribution in [0.15, 0.2) is 35.0 Å². The molecule has 3 heterocycles. The molecule has 0 spiro atoms. The SMILES string of the molecule is Cc1cc(CN(C)Cc2cn3c(C)cccc3n2)no1. The number of hydrogen-bond donors (Lipinski definition) is 0. The van der Waals surface area contributed by atoms with E-state index in [0.717, 1.165) is 35.9 Å². The summed E-state index contributed by atoms with van der Waals surface area (Å²) < 4.78 is 7.20. The van der Waals surface area contributed by atoms with Crippen molar-refractivity contribution in [2.24, 2.45) is 0 Å². The maximum absolute atomic E-state index is 5.08. The zero-order valence-corrected chi connectivity index (χ0v) is 12.0. The Labute approximate surface area is 117 Å². The summed E-state index contributed by atoms with van der Waals surface area (Å²) in [4.78, 5) is 6.81.